The highest BCUT2D eigenvalue weighted by Crippen LogP contribution is 2.31. The van der Waals surface area contributed by atoms with Crippen LogP contribution in [0.5, 0.6) is 0 Å². The molecule has 2 amide bonds. The van der Waals surface area contributed by atoms with Gasteiger partial charge < -0.3 is 24.4 Å². The highest BCUT2D eigenvalue weighted by atomic mass is 16.6. The fourth-order valence-corrected chi connectivity index (χ4v) is 3.05. The molecule has 0 fully saturated rings. The molecular weight excluding hydrogens is 392 g/mol. The molecule has 1 aliphatic rings. The number of nitrogens with one attached hydrogen (secondary N) is 1. The molecule has 0 aliphatic carbocycles. The number of carbonyl (C=O) groups is 4. The lowest BCUT2D eigenvalue weighted by atomic mass is 9.91. The van der Waals surface area contributed by atoms with Crippen LogP contribution in [0.3, 0.4) is 0 Å². The molecule has 30 heavy (non-hydrogen) atoms. The lowest BCUT2D eigenvalue weighted by Gasteiger charge is -2.31. The Morgan fingerprint density at radius 2 is 1.93 bits per heavy atom. The van der Waals surface area contributed by atoms with Gasteiger partial charge in [0, 0.05) is 12.7 Å². The van der Waals surface area contributed by atoms with Gasteiger partial charge in [0.15, 0.2) is 0 Å². The Morgan fingerprint density at radius 1 is 1.27 bits per heavy atom. The minimum Gasteiger partial charge on any atom is -0.465 e. The standard InChI is InChI=1S/C21H28N2O7/c1-12(22-20(27)30-21(2,3)4)18(25)29-11-15-10-14-9-13(19(26)28-6)7-8-16(14)23(5)17(15)24/h7-9,12,15H,10-11H2,1-6H3,(H,22,27). The third-order valence-electron chi connectivity index (χ3n) is 4.52. The van der Waals surface area contributed by atoms with Gasteiger partial charge in [-0.3, -0.25) is 4.79 Å². The van der Waals surface area contributed by atoms with E-state index in [4.69, 9.17) is 14.2 Å². The maximum Gasteiger partial charge on any atom is 0.408 e. The number of nitrogens with zero attached hydrogens (tertiary/aromatic N) is 1. The summed E-state index contributed by atoms with van der Waals surface area (Å²) in [4.78, 5) is 49.9. The first-order valence-corrected chi connectivity index (χ1v) is 9.58. The lowest BCUT2D eigenvalue weighted by Crippen LogP contribution is -2.44. The van der Waals surface area contributed by atoms with Crippen molar-refractivity contribution in [3.8, 4) is 0 Å². The van der Waals surface area contributed by atoms with Gasteiger partial charge in [0.1, 0.15) is 18.2 Å². The van der Waals surface area contributed by atoms with Gasteiger partial charge in [0.2, 0.25) is 5.91 Å². The second-order valence-electron chi connectivity index (χ2n) is 8.13. The number of esters is 2. The molecular formula is C21H28N2O7. The number of hydrogen-bond acceptors (Lipinski definition) is 7. The summed E-state index contributed by atoms with van der Waals surface area (Å²) >= 11 is 0. The van der Waals surface area contributed by atoms with Crippen molar-refractivity contribution in [2.24, 2.45) is 5.92 Å². The van der Waals surface area contributed by atoms with Crippen LogP contribution in [0.15, 0.2) is 18.2 Å². The molecule has 1 heterocycles. The Balaban J connectivity index is 2.00. The van der Waals surface area contributed by atoms with E-state index in [1.807, 2.05) is 0 Å². The number of rotatable bonds is 5. The molecule has 9 heteroatoms. The van der Waals surface area contributed by atoms with Crippen LogP contribution in [-0.4, -0.2) is 56.3 Å². The number of hydrogen-bond donors (Lipinski definition) is 1. The molecule has 0 saturated carbocycles. The first-order valence-electron chi connectivity index (χ1n) is 9.58. The van der Waals surface area contributed by atoms with Crippen molar-refractivity contribution in [3.63, 3.8) is 0 Å². The Morgan fingerprint density at radius 3 is 2.53 bits per heavy atom. The monoisotopic (exact) mass is 420 g/mol. The third kappa shape index (κ3) is 5.71. The van der Waals surface area contributed by atoms with E-state index in [0.29, 0.717) is 17.7 Å². The van der Waals surface area contributed by atoms with Gasteiger partial charge in [-0.2, -0.15) is 0 Å². The van der Waals surface area contributed by atoms with Crippen LogP contribution in [-0.2, 0) is 30.2 Å². The number of methoxy groups -OCH3 is 1. The van der Waals surface area contributed by atoms with E-state index in [9.17, 15) is 19.2 Å². The zero-order valence-electron chi connectivity index (χ0n) is 18.1. The number of carbonyl (C=O) groups excluding carboxylic acids is 4. The summed E-state index contributed by atoms with van der Waals surface area (Å²) in [5, 5.41) is 2.40. The fraction of sp³-hybridized carbons (Fsp3) is 0.524. The summed E-state index contributed by atoms with van der Waals surface area (Å²) in [6.07, 6.45) is -0.422. The largest absolute Gasteiger partial charge is 0.465 e. The van der Waals surface area contributed by atoms with Crippen LogP contribution in [0.1, 0.15) is 43.6 Å². The van der Waals surface area contributed by atoms with Crippen molar-refractivity contribution in [1.82, 2.24) is 5.32 Å². The normalized spacial score (nSPS) is 16.9. The Hall–Kier alpha value is -3.10. The Bertz CT molecular complexity index is 844. The number of fused-ring (bicyclic) bond motifs is 1. The van der Waals surface area contributed by atoms with Crippen molar-refractivity contribution in [1.29, 1.82) is 0 Å². The van der Waals surface area contributed by atoms with Gasteiger partial charge in [-0.25, -0.2) is 14.4 Å². The van der Waals surface area contributed by atoms with Crippen LogP contribution in [0, 0.1) is 5.92 Å². The predicted molar refractivity (Wildman–Crippen MR) is 108 cm³/mol. The Labute approximate surface area is 175 Å². The first kappa shape index (κ1) is 23.2. The third-order valence-corrected chi connectivity index (χ3v) is 4.52. The maximum atomic E-state index is 12.6. The molecule has 164 valence electrons. The molecule has 0 spiro atoms. The average molecular weight is 420 g/mol. The molecule has 0 aromatic heterocycles. The number of alkyl carbamates (subject to hydrolysis) is 1. The van der Waals surface area contributed by atoms with Crippen LogP contribution < -0.4 is 10.2 Å². The molecule has 1 aromatic rings. The van der Waals surface area contributed by atoms with Crippen molar-refractivity contribution >= 4 is 29.6 Å². The van der Waals surface area contributed by atoms with Gasteiger partial charge in [0.25, 0.3) is 0 Å². The number of anilines is 1. The van der Waals surface area contributed by atoms with Crippen LogP contribution >= 0.6 is 0 Å². The molecule has 1 N–H and O–H groups in total. The summed E-state index contributed by atoms with van der Waals surface area (Å²) in [5.41, 5.74) is 1.16. The fourth-order valence-electron chi connectivity index (χ4n) is 3.05. The van der Waals surface area contributed by atoms with Crippen molar-refractivity contribution in [3.05, 3.63) is 29.3 Å². The number of ether oxygens (including phenoxy) is 3. The second kappa shape index (κ2) is 9.15. The maximum absolute atomic E-state index is 12.6. The van der Waals surface area contributed by atoms with Crippen molar-refractivity contribution in [2.45, 2.75) is 45.8 Å². The second-order valence-corrected chi connectivity index (χ2v) is 8.13. The van der Waals surface area contributed by atoms with Crippen LogP contribution in [0.4, 0.5) is 10.5 Å². The molecule has 0 bridgehead atoms. The number of benzene rings is 1. The van der Waals surface area contributed by atoms with E-state index in [2.05, 4.69) is 5.32 Å². The summed E-state index contributed by atoms with van der Waals surface area (Å²) in [6.45, 7) is 6.46. The van der Waals surface area contributed by atoms with E-state index in [1.165, 1.54) is 18.9 Å². The van der Waals surface area contributed by atoms with Gasteiger partial charge in [0.05, 0.1) is 18.6 Å². The predicted octanol–water partition coefficient (Wildman–Crippen LogP) is 2.06. The van der Waals surface area contributed by atoms with Crippen molar-refractivity contribution in [2.75, 3.05) is 25.7 Å². The summed E-state index contributed by atoms with van der Waals surface area (Å²) in [5.74, 6) is -1.95. The highest BCUT2D eigenvalue weighted by molar-refractivity contribution is 5.99. The van der Waals surface area contributed by atoms with E-state index in [0.717, 1.165) is 5.56 Å². The summed E-state index contributed by atoms with van der Waals surface area (Å²) in [6, 6.07) is 4.02. The minimum absolute atomic E-state index is 0.149. The molecule has 1 aliphatic heterocycles. The van der Waals surface area contributed by atoms with E-state index in [-0.39, 0.29) is 12.5 Å². The van der Waals surface area contributed by atoms with Gasteiger partial charge >= 0.3 is 18.0 Å². The smallest absolute Gasteiger partial charge is 0.408 e. The summed E-state index contributed by atoms with van der Waals surface area (Å²) in [7, 11) is 2.92. The topological polar surface area (TPSA) is 111 Å². The molecule has 2 rings (SSSR count). The van der Waals surface area contributed by atoms with E-state index in [1.54, 1.807) is 46.0 Å². The lowest BCUT2D eigenvalue weighted by molar-refractivity contribution is -0.148. The molecule has 0 radical (unpaired) electrons. The first-order chi connectivity index (χ1) is 13.9. The van der Waals surface area contributed by atoms with Crippen molar-refractivity contribution < 1.29 is 33.4 Å². The Kier molecular flexibility index (Phi) is 7.07. The molecule has 2 unspecified atom stereocenters. The molecule has 2 atom stereocenters. The summed E-state index contributed by atoms with van der Waals surface area (Å²) < 4.78 is 15.1. The van der Waals surface area contributed by atoms with E-state index < -0.39 is 35.6 Å². The molecule has 1 aromatic carbocycles. The van der Waals surface area contributed by atoms with Crippen LogP contribution in [0.2, 0.25) is 0 Å². The van der Waals surface area contributed by atoms with E-state index >= 15 is 0 Å². The zero-order valence-corrected chi connectivity index (χ0v) is 18.1. The SMILES string of the molecule is COC(=O)c1ccc2c(c1)CC(COC(=O)C(C)NC(=O)OC(C)(C)C)C(=O)N2C. The quantitative estimate of drug-likeness (QED) is 0.573. The van der Waals surface area contributed by atoms with Gasteiger partial charge in [-0.1, -0.05) is 0 Å². The molecule has 0 saturated heterocycles. The van der Waals surface area contributed by atoms with Gasteiger partial charge in [-0.05, 0) is 57.9 Å². The van der Waals surface area contributed by atoms with Crippen LogP contribution in [0.25, 0.3) is 0 Å². The highest BCUT2D eigenvalue weighted by Gasteiger charge is 2.33. The zero-order chi connectivity index (χ0) is 22.6. The average Bonchev–Trinajstić information content (AvgIpc) is 2.66. The number of amides is 2. The minimum atomic E-state index is -0.936. The van der Waals surface area contributed by atoms with Gasteiger partial charge in [-0.15, -0.1) is 0 Å². The molecule has 9 nitrogen and oxygen atoms in total.